The van der Waals surface area contributed by atoms with Crippen LogP contribution in [0, 0.1) is 0 Å². The molecule has 0 bridgehead atoms. The fourth-order valence-electron chi connectivity index (χ4n) is 2.83. The molecular formula is C18H21N3. The largest absolute Gasteiger partial charge is 0.399 e. The van der Waals surface area contributed by atoms with Gasteiger partial charge in [0.25, 0.3) is 0 Å². The Bertz CT molecular complexity index is 744. The predicted octanol–water partition coefficient (Wildman–Crippen LogP) is 3.98. The van der Waals surface area contributed by atoms with Crippen molar-refractivity contribution in [3.8, 4) is 0 Å². The van der Waals surface area contributed by atoms with Crippen molar-refractivity contribution in [1.29, 1.82) is 0 Å². The molecule has 3 aromatic rings. The maximum atomic E-state index is 5.87. The third kappa shape index (κ3) is 2.64. The Morgan fingerprint density at radius 3 is 2.62 bits per heavy atom. The molecule has 1 aromatic heterocycles. The molecule has 0 spiro atoms. The molecule has 2 N–H and O–H groups in total. The second-order valence-corrected chi connectivity index (χ2v) is 5.55. The van der Waals surface area contributed by atoms with Gasteiger partial charge in [-0.05, 0) is 29.7 Å². The van der Waals surface area contributed by atoms with Crippen molar-refractivity contribution in [3.63, 3.8) is 0 Å². The molecule has 0 aliphatic carbocycles. The number of nitrogens with two attached hydrogens (primary N) is 1. The van der Waals surface area contributed by atoms with E-state index in [1.54, 1.807) is 0 Å². The van der Waals surface area contributed by atoms with E-state index < -0.39 is 0 Å². The third-order valence-electron chi connectivity index (χ3n) is 3.99. The number of imidazole rings is 1. The SMILES string of the molecule is CCc1nc2cc(N)ccc2n1CC(C)c1ccccc1. The number of hydrogen-bond acceptors (Lipinski definition) is 2. The number of anilines is 1. The first-order chi connectivity index (χ1) is 10.2. The lowest BCUT2D eigenvalue weighted by molar-refractivity contribution is 0.588. The zero-order valence-corrected chi connectivity index (χ0v) is 12.6. The van der Waals surface area contributed by atoms with E-state index in [2.05, 4.69) is 54.8 Å². The van der Waals surface area contributed by atoms with Gasteiger partial charge in [-0.1, -0.05) is 44.2 Å². The fraction of sp³-hybridized carbons (Fsp3) is 0.278. The molecule has 1 atom stereocenters. The minimum Gasteiger partial charge on any atom is -0.399 e. The van der Waals surface area contributed by atoms with E-state index in [9.17, 15) is 0 Å². The highest BCUT2D eigenvalue weighted by atomic mass is 15.1. The Balaban J connectivity index is 1.99. The monoisotopic (exact) mass is 279 g/mol. The summed E-state index contributed by atoms with van der Waals surface area (Å²) in [4.78, 5) is 4.72. The molecule has 0 radical (unpaired) electrons. The van der Waals surface area contributed by atoms with Crippen LogP contribution in [0.4, 0.5) is 5.69 Å². The number of nitrogen functional groups attached to an aromatic ring is 1. The zero-order valence-electron chi connectivity index (χ0n) is 12.6. The summed E-state index contributed by atoms with van der Waals surface area (Å²) in [6.07, 6.45) is 0.927. The number of aromatic nitrogens is 2. The fourth-order valence-corrected chi connectivity index (χ4v) is 2.83. The second-order valence-electron chi connectivity index (χ2n) is 5.55. The van der Waals surface area contributed by atoms with Gasteiger partial charge in [0.1, 0.15) is 5.82 Å². The molecule has 2 aromatic carbocycles. The zero-order chi connectivity index (χ0) is 14.8. The maximum absolute atomic E-state index is 5.87. The van der Waals surface area contributed by atoms with E-state index in [1.165, 1.54) is 11.1 Å². The Labute approximate surface area is 125 Å². The molecule has 108 valence electrons. The Hall–Kier alpha value is -2.29. The van der Waals surface area contributed by atoms with E-state index in [0.29, 0.717) is 5.92 Å². The van der Waals surface area contributed by atoms with Crippen molar-refractivity contribution >= 4 is 16.7 Å². The summed E-state index contributed by atoms with van der Waals surface area (Å²) >= 11 is 0. The minimum atomic E-state index is 0.450. The van der Waals surface area contributed by atoms with Crippen LogP contribution in [0.1, 0.15) is 31.2 Å². The van der Waals surface area contributed by atoms with Gasteiger partial charge in [-0.25, -0.2) is 4.98 Å². The molecule has 0 amide bonds. The highest BCUT2D eigenvalue weighted by molar-refractivity contribution is 5.79. The van der Waals surface area contributed by atoms with Crippen LogP contribution in [0.5, 0.6) is 0 Å². The molecule has 0 fully saturated rings. The van der Waals surface area contributed by atoms with Crippen LogP contribution in [-0.2, 0) is 13.0 Å². The average Bonchev–Trinajstić information content (AvgIpc) is 2.85. The summed E-state index contributed by atoms with van der Waals surface area (Å²) < 4.78 is 2.33. The van der Waals surface area contributed by atoms with Crippen LogP contribution in [-0.4, -0.2) is 9.55 Å². The number of hydrogen-bond donors (Lipinski definition) is 1. The predicted molar refractivity (Wildman–Crippen MR) is 88.4 cm³/mol. The highest BCUT2D eigenvalue weighted by Crippen LogP contribution is 2.24. The molecule has 0 saturated carbocycles. The van der Waals surface area contributed by atoms with E-state index in [-0.39, 0.29) is 0 Å². The molecule has 3 nitrogen and oxygen atoms in total. The van der Waals surface area contributed by atoms with Crippen LogP contribution in [0.3, 0.4) is 0 Å². The van der Waals surface area contributed by atoms with Crippen LogP contribution in [0.2, 0.25) is 0 Å². The van der Waals surface area contributed by atoms with Gasteiger partial charge in [-0.2, -0.15) is 0 Å². The highest BCUT2D eigenvalue weighted by Gasteiger charge is 2.13. The minimum absolute atomic E-state index is 0.450. The maximum Gasteiger partial charge on any atom is 0.109 e. The summed E-state index contributed by atoms with van der Waals surface area (Å²) in [5.74, 6) is 1.57. The number of aryl methyl sites for hydroxylation is 1. The third-order valence-corrected chi connectivity index (χ3v) is 3.99. The van der Waals surface area contributed by atoms with Crippen molar-refractivity contribution in [2.24, 2.45) is 0 Å². The van der Waals surface area contributed by atoms with Crippen LogP contribution in [0.15, 0.2) is 48.5 Å². The van der Waals surface area contributed by atoms with E-state index >= 15 is 0 Å². The number of nitrogens with zero attached hydrogens (tertiary/aromatic N) is 2. The molecule has 3 heteroatoms. The standard InChI is InChI=1S/C18H21N3/c1-3-18-20-16-11-15(19)9-10-17(16)21(18)12-13(2)14-7-5-4-6-8-14/h4-11,13H,3,12,19H2,1-2H3. The lowest BCUT2D eigenvalue weighted by Gasteiger charge is -2.15. The van der Waals surface area contributed by atoms with Gasteiger partial charge in [0.2, 0.25) is 0 Å². The van der Waals surface area contributed by atoms with Crippen molar-refractivity contribution in [2.75, 3.05) is 5.73 Å². The summed E-state index contributed by atoms with van der Waals surface area (Å²) in [5, 5.41) is 0. The van der Waals surface area contributed by atoms with Gasteiger partial charge < -0.3 is 10.3 Å². The van der Waals surface area contributed by atoms with Gasteiger partial charge in [-0.3, -0.25) is 0 Å². The van der Waals surface area contributed by atoms with Gasteiger partial charge in [-0.15, -0.1) is 0 Å². The summed E-state index contributed by atoms with van der Waals surface area (Å²) in [6, 6.07) is 16.6. The topological polar surface area (TPSA) is 43.8 Å². The van der Waals surface area contributed by atoms with Crippen molar-refractivity contribution in [2.45, 2.75) is 32.7 Å². The van der Waals surface area contributed by atoms with E-state index in [0.717, 1.165) is 30.0 Å². The quantitative estimate of drug-likeness (QED) is 0.734. The van der Waals surface area contributed by atoms with Crippen LogP contribution < -0.4 is 5.73 Å². The molecule has 3 rings (SSSR count). The number of benzene rings is 2. The second kappa shape index (κ2) is 5.60. The van der Waals surface area contributed by atoms with E-state index in [1.807, 2.05) is 12.1 Å². The van der Waals surface area contributed by atoms with Crippen LogP contribution >= 0.6 is 0 Å². The summed E-state index contributed by atoms with van der Waals surface area (Å²) in [7, 11) is 0. The molecule has 0 aliphatic rings. The van der Waals surface area contributed by atoms with E-state index in [4.69, 9.17) is 10.7 Å². The summed E-state index contributed by atoms with van der Waals surface area (Å²) in [5.41, 5.74) is 10.2. The number of rotatable bonds is 4. The van der Waals surface area contributed by atoms with Crippen LogP contribution in [0.25, 0.3) is 11.0 Å². The molecule has 0 saturated heterocycles. The molecule has 0 aliphatic heterocycles. The molecule has 21 heavy (non-hydrogen) atoms. The van der Waals surface area contributed by atoms with Crippen molar-refractivity contribution in [1.82, 2.24) is 9.55 Å². The smallest absolute Gasteiger partial charge is 0.109 e. The molecular weight excluding hydrogens is 258 g/mol. The van der Waals surface area contributed by atoms with Crippen molar-refractivity contribution < 1.29 is 0 Å². The first-order valence-corrected chi connectivity index (χ1v) is 7.48. The average molecular weight is 279 g/mol. The lowest BCUT2D eigenvalue weighted by atomic mass is 10.0. The first kappa shape index (κ1) is 13.7. The van der Waals surface area contributed by atoms with Crippen molar-refractivity contribution in [3.05, 3.63) is 59.9 Å². The summed E-state index contributed by atoms with van der Waals surface area (Å²) in [6.45, 7) is 5.35. The molecule has 1 unspecified atom stereocenters. The Morgan fingerprint density at radius 2 is 1.90 bits per heavy atom. The Morgan fingerprint density at radius 1 is 1.14 bits per heavy atom. The number of fused-ring (bicyclic) bond motifs is 1. The van der Waals surface area contributed by atoms with Gasteiger partial charge in [0.05, 0.1) is 11.0 Å². The van der Waals surface area contributed by atoms with Gasteiger partial charge in [0, 0.05) is 18.7 Å². The lowest BCUT2D eigenvalue weighted by Crippen LogP contribution is -2.09. The molecule has 1 heterocycles. The normalized spacial score (nSPS) is 12.7. The van der Waals surface area contributed by atoms with Gasteiger partial charge in [0.15, 0.2) is 0 Å². The Kier molecular flexibility index (Phi) is 3.65. The first-order valence-electron chi connectivity index (χ1n) is 7.48. The van der Waals surface area contributed by atoms with Gasteiger partial charge >= 0.3 is 0 Å².